The molecule has 3 saturated carbocycles. The van der Waals surface area contributed by atoms with Crippen molar-refractivity contribution in [1.29, 1.82) is 0 Å². The Morgan fingerprint density at radius 2 is 1.88 bits per heavy atom. The second kappa shape index (κ2) is 15.8. The van der Waals surface area contributed by atoms with Crippen molar-refractivity contribution in [2.45, 2.75) is 108 Å². The number of nitrogens with zero attached hydrogens (tertiary/aromatic N) is 2. The molecule has 0 radical (unpaired) electrons. The first-order valence-corrected chi connectivity index (χ1v) is 20.6. The summed E-state index contributed by atoms with van der Waals surface area (Å²) in [5, 5.41) is 1.27. The molecule has 2 aromatic rings. The zero-order valence-electron chi connectivity index (χ0n) is 32.1. The molecule has 0 unspecified atom stereocenters. The zero-order valence-corrected chi connectivity index (χ0v) is 33.0. The van der Waals surface area contributed by atoms with Crippen LogP contribution in [0.25, 0.3) is 10.8 Å². The molecular weight excluding hydrogens is 753 g/mol. The number of carbonyl (C=O) groups is 4. The standard InChI is InChI=1S/C33H40F2N4O7S.C6H11NO2.3H2/c1-19-6-4-5-7-22-17-33(22,31(42)38-47(43,44)32(35)9-10-32)37-29(41)26-15-23(18-39(26)28(40)13-20(2)12-19)46-30-24-16-25(34)27(45-3)14-21(24)8-11-36-30;1-6(2-3-6)4-9-5(7)8;;;/h5,7-8,11,14,16,19-20,22-23,26H,4,6,9-10,12-13,15,17-18H2,1-3H3,(H,37,41)(H,38,42);2-4H2,1H3,(H2,7,8);3*1H/b7-5-;;;;/t19-,20-,22-,23-,26+,33-;;;;/m1..../s1. The molecule has 56 heavy (non-hydrogen) atoms. The van der Waals surface area contributed by atoms with Gasteiger partial charge in [0, 0.05) is 52.9 Å². The van der Waals surface area contributed by atoms with Crippen LogP contribution < -0.4 is 25.2 Å². The van der Waals surface area contributed by atoms with Crippen LogP contribution in [0.15, 0.2) is 36.5 Å². The molecule has 0 bridgehead atoms. The fourth-order valence-electron chi connectivity index (χ4n) is 7.47. The second-order valence-electron chi connectivity index (χ2n) is 16.5. The minimum atomic E-state index is -4.61. The molecule has 5 aliphatic rings. The number of primary amides is 1. The average molecular weight is 810 g/mol. The Kier molecular flexibility index (Phi) is 11.6. The van der Waals surface area contributed by atoms with Gasteiger partial charge in [-0.2, -0.15) is 0 Å². The molecule has 312 valence electrons. The van der Waals surface area contributed by atoms with Gasteiger partial charge in [-0.3, -0.25) is 14.4 Å². The van der Waals surface area contributed by atoms with E-state index in [1.54, 1.807) is 12.1 Å². The van der Waals surface area contributed by atoms with Gasteiger partial charge < -0.3 is 30.2 Å². The number of pyridine rings is 1. The summed E-state index contributed by atoms with van der Waals surface area (Å²) in [5.74, 6) is -2.49. The van der Waals surface area contributed by atoms with Gasteiger partial charge in [0.15, 0.2) is 11.6 Å². The van der Waals surface area contributed by atoms with Crippen LogP contribution in [-0.2, 0) is 29.1 Å². The lowest BCUT2D eigenvalue weighted by atomic mass is 9.91. The summed E-state index contributed by atoms with van der Waals surface area (Å²) in [4.78, 5) is 57.0. The van der Waals surface area contributed by atoms with E-state index in [0.29, 0.717) is 29.7 Å². The molecule has 0 spiro atoms. The van der Waals surface area contributed by atoms with E-state index in [-0.39, 0.29) is 71.8 Å². The molecule has 1 aromatic carbocycles. The van der Waals surface area contributed by atoms with Gasteiger partial charge in [-0.1, -0.05) is 32.9 Å². The van der Waals surface area contributed by atoms with Crippen molar-refractivity contribution in [1.82, 2.24) is 19.9 Å². The smallest absolute Gasteiger partial charge is 0.404 e. The number of benzene rings is 1. The van der Waals surface area contributed by atoms with Gasteiger partial charge in [-0.05, 0) is 73.9 Å². The van der Waals surface area contributed by atoms with E-state index >= 15 is 0 Å². The van der Waals surface area contributed by atoms with Gasteiger partial charge in [-0.15, -0.1) is 0 Å². The maximum atomic E-state index is 14.6. The number of ether oxygens (including phenoxy) is 3. The van der Waals surface area contributed by atoms with Crippen molar-refractivity contribution < 1.29 is 54.9 Å². The lowest BCUT2D eigenvalue weighted by Gasteiger charge is -2.27. The molecule has 17 heteroatoms. The highest BCUT2D eigenvalue weighted by Crippen LogP contribution is 2.48. The van der Waals surface area contributed by atoms with Gasteiger partial charge >= 0.3 is 6.09 Å². The lowest BCUT2D eigenvalue weighted by molar-refractivity contribution is -0.140. The van der Waals surface area contributed by atoms with Crippen LogP contribution in [0.4, 0.5) is 13.6 Å². The number of fused-ring (bicyclic) bond motifs is 3. The number of amides is 4. The number of hydrogen-bond donors (Lipinski definition) is 3. The van der Waals surface area contributed by atoms with E-state index in [9.17, 15) is 36.4 Å². The Balaban J connectivity index is 0.000000688. The van der Waals surface area contributed by atoms with E-state index in [1.807, 2.05) is 17.7 Å². The van der Waals surface area contributed by atoms with Crippen LogP contribution in [0.5, 0.6) is 11.6 Å². The van der Waals surface area contributed by atoms with Gasteiger partial charge in [0.2, 0.25) is 22.7 Å². The Morgan fingerprint density at radius 1 is 1.14 bits per heavy atom. The molecule has 1 saturated heterocycles. The fraction of sp³-hybridized carbons (Fsp3) is 0.615. The van der Waals surface area contributed by atoms with Crippen molar-refractivity contribution in [2.75, 3.05) is 20.3 Å². The summed E-state index contributed by atoms with van der Waals surface area (Å²) < 4.78 is 72.3. The number of aromatic nitrogens is 1. The summed E-state index contributed by atoms with van der Waals surface area (Å²) in [6.07, 6.45) is 8.47. The monoisotopic (exact) mass is 809 g/mol. The molecule has 1 aromatic heterocycles. The summed E-state index contributed by atoms with van der Waals surface area (Å²) >= 11 is 0. The molecule has 6 atom stereocenters. The van der Waals surface area contributed by atoms with Crippen LogP contribution in [0.3, 0.4) is 0 Å². The molecule has 4 fully saturated rings. The largest absolute Gasteiger partial charge is 0.494 e. The number of alkyl halides is 1. The minimum Gasteiger partial charge on any atom is -0.494 e. The van der Waals surface area contributed by atoms with Crippen LogP contribution in [0, 0.1) is 29.0 Å². The van der Waals surface area contributed by atoms with Crippen LogP contribution >= 0.6 is 0 Å². The fourth-order valence-corrected chi connectivity index (χ4v) is 8.72. The number of nitrogens with one attached hydrogen (secondary N) is 2. The number of hydrogen-bond acceptors (Lipinski definition) is 10. The average Bonchev–Trinajstić information content (AvgIpc) is 4.09. The second-order valence-corrected chi connectivity index (χ2v) is 18.5. The number of sulfonamides is 1. The molecular formula is C39H57F2N5O9S. The predicted molar refractivity (Wildman–Crippen MR) is 207 cm³/mol. The molecule has 3 aliphatic carbocycles. The van der Waals surface area contributed by atoms with E-state index < -0.39 is 62.4 Å². The van der Waals surface area contributed by atoms with Crippen molar-refractivity contribution in [3.8, 4) is 11.6 Å². The minimum absolute atomic E-state index is 0. The number of methoxy groups -OCH3 is 1. The molecule has 3 heterocycles. The highest BCUT2D eigenvalue weighted by molar-refractivity contribution is 7.91. The number of nitrogens with two attached hydrogens (primary N) is 1. The Morgan fingerprint density at radius 3 is 2.54 bits per heavy atom. The first-order chi connectivity index (χ1) is 26.4. The quantitative estimate of drug-likeness (QED) is 0.285. The van der Waals surface area contributed by atoms with E-state index in [2.05, 4.69) is 28.9 Å². The molecule has 4 N–H and O–H groups in total. The summed E-state index contributed by atoms with van der Waals surface area (Å²) in [5.41, 5.74) is 3.41. The summed E-state index contributed by atoms with van der Waals surface area (Å²) in [6, 6.07) is 3.42. The summed E-state index contributed by atoms with van der Waals surface area (Å²) in [7, 11) is -3.24. The van der Waals surface area contributed by atoms with E-state index in [0.717, 1.165) is 25.7 Å². The highest BCUT2D eigenvalue weighted by atomic mass is 32.2. The predicted octanol–water partition coefficient (Wildman–Crippen LogP) is 5.53. The van der Waals surface area contributed by atoms with Gasteiger partial charge in [-0.25, -0.2) is 31.7 Å². The molecule has 14 nitrogen and oxygen atoms in total. The Bertz CT molecular complexity index is 2020. The number of halogens is 2. The third-order valence-electron chi connectivity index (χ3n) is 11.5. The van der Waals surface area contributed by atoms with Gasteiger partial charge in [0.05, 0.1) is 20.3 Å². The number of carbonyl (C=O) groups excluding carboxylic acids is 4. The third kappa shape index (κ3) is 9.18. The topological polar surface area (TPSA) is 196 Å². The first-order valence-electron chi connectivity index (χ1n) is 19.1. The van der Waals surface area contributed by atoms with Gasteiger partial charge in [0.25, 0.3) is 15.9 Å². The molecule has 2 aliphatic heterocycles. The van der Waals surface area contributed by atoms with E-state index in [4.69, 9.17) is 15.2 Å². The van der Waals surface area contributed by atoms with Crippen LogP contribution in [0.2, 0.25) is 0 Å². The van der Waals surface area contributed by atoms with Crippen molar-refractivity contribution >= 4 is 44.6 Å². The van der Waals surface area contributed by atoms with Crippen molar-refractivity contribution in [2.24, 2.45) is 28.9 Å². The first kappa shape index (κ1) is 41.1. The van der Waals surface area contributed by atoms with Crippen LogP contribution in [0.1, 0.15) is 89.3 Å². The summed E-state index contributed by atoms with van der Waals surface area (Å²) in [6.45, 7) is 6.72. The maximum Gasteiger partial charge on any atom is 0.404 e. The number of allylic oxidation sites excluding steroid dienone is 1. The lowest BCUT2D eigenvalue weighted by Crippen LogP contribution is -2.57. The molecule has 7 rings (SSSR count). The Hall–Kier alpha value is -4.54. The van der Waals surface area contributed by atoms with E-state index in [1.165, 1.54) is 30.3 Å². The van der Waals surface area contributed by atoms with Crippen molar-refractivity contribution in [3.63, 3.8) is 0 Å². The van der Waals surface area contributed by atoms with Crippen LogP contribution in [-0.4, -0.2) is 85.1 Å². The van der Waals surface area contributed by atoms with Crippen molar-refractivity contribution in [3.05, 3.63) is 42.4 Å². The third-order valence-corrected chi connectivity index (χ3v) is 13.3. The maximum absolute atomic E-state index is 14.6. The highest BCUT2D eigenvalue weighted by Gasteiger charge is 2.64. The normalized spacial score (nSPS) is 29.8. The Labute approximate surface area is 329 Å². The zero-order chi connectivity index (χ0) is 40.6. The number of rotatable bonds is 8. The SMILES string of the molecule is CC1(COC(N)=O)CC1.COc1cc2ccnc(O[C@@H]3C[C@H]4C(=O)N[C@]5(C(=O)NS(=O)(=O)C6(F)CC6)C[C@H]5/C=C\CC[C@@H](C)C[C@@H](C)CC(=O)N4C3)c2cc1F.[HH].[HH].[HH]. The molecule has 4 amide bonds. The van der Waals surface area contributed by atoms with Gasteiger partial charge in [0.1, 0.15) is 17.7 Å².